The van der Waals surface area contributed by atoms with Crippen molar-refractivity contribution < 1.29 is 14.6 Å². The third kappa shape index (κ3) is 8.15. The molecule has 1 rings (SSSR count). The zero-order valence-corrected chi connectivity index (χ0v) is 14.1. The van der Waals surface area contributed by atoms with E-state index in [-0.39, 0.29) is 0 Å². The van der Waals surface area contributed by atoms with Crippen LogP contribution in [-0.4, -0.2) is 50.2 Å². The molecular weight excluding hydrogens is 266 g/mol. The molecule has 0 radical (unpaired) electrons. The highest BCUT2D eigenvalue weighted by Crippen LogP contribution is 2.16. The van der Waals surface area contributed by atoms with Crippen molar-refractivity contribution >= 4 is 0 Å². The minimum atomic E-state index is -0.418. The lowest BCUT2D eigenvalue weighted by atomic mass is 10.0. The van der Waals surface area contributed by atoms with Gasteiger partial charge in [0.05, 0.1) is 19.3 Å². The van der Waals surface area contributed by atoms with Crippen molar-refractivity contribution in [3.8, 4) is 0 Å². The fourth-order valence-electron chi connectivity index (χ4n) is 2.76. The van der Waals surface area contributed by atoms with Gasteiger partial charge in [-0.25, -0.2) is 0 Å². The molecule has 0 saturated carbocycles. The topological polar surface area (TPSA) is 50.7 Å². The highest BCUT2D eigenvalue weighted by molar-refractivity contribution is 4.76. The lowest BCUT2D eigenvalue weighted by molar-refractivity contribution is 0.0176. The van der Waals surface area contributed by atoms with Crippen LogP contribution in [0.5, 0.6) is 0 Å². The summed E-state index contributed by atoms with van der Waals surface area (Å²) >= 11 is 0. The average molecular weight is 301 g/mol. The van der Waals surface area contributed by atoms with Crippen molar-refractivity contribution in [2.45, 2.75) is 65.0 Å². The zero-order valence-electron chi connectivity index (χ0n) is 14.1. The lowest BCUT2D eigenvalue weighted by Gasteiger charge is -2.22. The van der Waals surface area contributed by atoms with E-state index in [1.807, 2.05) is 0 Å². The van der Waals surface area contributed by atoms with Crippen LogP contribution in [0, 0.1) is 11.8 Å². The maximum atomic E-state index is 9.98. The number of hydrogen-bond acceptors (Lipinski definition) is 4. The molecule has 2 N–H and O–H groups in total. The Labute approximate surface area is 130 Å². The fourth-order valence-corrected chi connectivity index (χ4v) is 2.76. The van der Waals surface area contributed by atoms with Gasteiger partial charge >= 0.3 is 0 Å². The summed E-state index contributed by atoms with van der Waals surface area (Å²) in [6.07, 6.45) is 5.61. The normalized spacial score (nSPS) is 23.1. The molecule has 0 bridgehead atoms. The Kier molecular flexibility index (Phi) is 10.3. The van der Waals surface area contributed by atoms with Gasteiger partial charge in [0.1, 0.15) is 0 Å². The van der Waals surface area contributed by atoms with Gasteiger partial charge in [-0.15, -0.1) is 0 Å². The van der Waals surface area contributed by atoms with Crippen molar-refractivity contribution in [2.75, 3.05) is 33.0 Å². The van der Waals surface area contributed by atoms with E-state index in [9.17, 15) is 5.11 Å². The van der Waals surface area contributed by atoms with E-state index < -0.39 is 6.10 Å². The van der Waals surface area contributed by atoms with Crippen LogP contribution < -0.4 is 5.32 Å². The quantitative estimate of drug-likeness (QED) is 0.582. The minimum Gasteiger partial charge on any atom is -0.389 e. The van der Waals surface area contributed by atoms with Gasteiger partial charge in [-0.3, -0.25) is 0 Å². The van der Waals surface area contributed by atoms with Crippen molar-refractivity contribution in [1.29, 1.82) is 0 Å². The minimum absolute atomic E-state index is 0.398. The number of aliphatic hydroxyl groups is 1. The van der Waals surface area contributed by atoms with E-state index >= 15 is 0 Å². The predicted molar refractivity (Wildman–Crippen MR) is 86.5 cm³/mol. The highest BCUT2D eigenvalue weighted by Gasteiger charge is 2.22. The Hall–Kier alpha value is -0.160. The van der Waals surface area contributed by atoms with Crippen molar-refractivity contribution in [3.05, 3.63) is 0 Å². The fraction of sp³-hybridized carbons (Fsp3) is 1.00. The second-order valence-corrected chi connectivity index (χ2v) is 6.43. The van der Waals surface area contributed by atoms with Crippen molar-refractivity contribution in [3.63, 3.8) is 0 Å². The first-order valence-electron chi connectivity index (χ1n) is 8.74. The number of ether oxygens (including phenoxy) is 2. The maximum absolute atomic E-state index is 9.98. The van der Waals surface area contributed by atoms with Crippen LogP contribution >= 0.6 is 0 Å². The predicted octanol–water partition coefficient (Wildman–Crippen LogP) is 2.59. The first-order valence-corrected chi connectivity index (χ1v) is 8.74. The molecule has 4 atom stereocenters. The summed E-state index contributed by atoms with van der Waals surface area (Å²) in [7, 11) is 0. The molecule has 0 aliphatic carbocycles. The molecule has 0 aromatic carbocycles. The largest absolute Gasteiger partial charge is 0.389 e. The van der Waals surface area contributed by atoms with Crippen LogP contribution in [0.2, 0.25) is 0 Å². The summed E-state index contributed by atoms with van der Waals surface area (Å²) in [6, 6.07) is 0.398. The molecular formula is C17H35NO3. The summed E-state index contributed by atoms with van der Waals surface area (Å²) < 4.78 is 11.1. The molecule has 4 heteroatoms. The number of nitrogens with one attached hydrogen (secondary N) is 1. The summed E-state index contributed by atoms with van der Waals surface area (Å²) in [5, 5.41) is 13.4. The molecule has 0 spiro atoms. The highest BCUT2D eigenvalue weighted by atomic mass is 16.5. The third-order valence-electron chi connectivity index (χ3n) is 4.55. The van der Waals surface area contributed by atoms with Crippen LogP contribution in [0.4, 0.5) is 0 Å². The van der Waals surface area contributed by atoms with Gasteiger partial charge in [-0.2, -0.15) is 0 Å². The van der Waals surface area contributed by atoms with Gasteiger partial charge in [-0.1, -0.05) is 33.1 Å². The van der Waals surface area contributed by atoms with Crippen molar-refractivity contribution in [2.24, 2.45) is 11.8 Å². The van der Waals surface area contributed by atoms with Gasteiger partial charge in [-0.05, 0) is 31.6 Å². The molecule has 4 unspecified atom stereocenters. The molecule has 21 heavy (non-hydrogen) atoms. The number of unbranched alkanes of at least 4 members (excludes halogenated alkanes) is 1. The number of rotatable bonds is 12. The molecule has 1 fully saturated rings. The monoisotopic (exact) mass is 301 g/mol. The van der Waals surface area contributed by atoms with Crippen LogP contribution in [0.15, 0.2) is 0 Å². The van der Waals surface area contributed by atoms with E-state index in [2.05, 4.69) is 26.1 Å². The molecule has 1 aliphatic heterocycles. The molecule has 0 aromatic rings. The van der Waals surface area contributed by atoms with Gasteiger partial charge < -0.3 is 19.9 Å². The molecule has 4 nitrogen and oxygen atoms in total. The lowest BCUT2D eigenvalue weighted by Crippen LogP contribution is -2.40. The first kappa shape index (κ1) is 18.9. The first-order chi connectivity index (χ1) is 10.2. The van der Waals surface area contributed by atoms with Crippen LogP contribution in [0.25, 0.3) is 0 Å². The van der Waals surface area contributed by atoms with Gasteiger partial charge in [0.25, 0.3) is 0 Å². The maximum Gasteiger partial charge on any atom is 0.0897 e. The van der Waals surface area contributed by atoms with E-state index in [1.54, 1.807) is 0 Å². The van der Waals surface area contributed by atoms with E-state index in [4.69, 9.17) is 9.47 Å². The van der Waals surface area contributed by atoms with Crippen LogP contribution in [-0.2, 0) is 9.47 Å². The number of hydrogen-bond donors (Lipinski definition) is 2. The third-order valence-corrected chi connectivity index (χ3v) is 4.55. The summed E-state index contributed by atoms with van der Waals surface area (Å²) in [5.41, 5.74) is 0. The summed E-state index contributed by atoms with van der Waals surface area (Å²) in [5.74, 6) is 1.22. The molecule has 126 valence electrons. The Morgan fingerprint density at radius 3 is 2.76 bits per heavy atom. The Morgan fingerprint density at radius 1 is 1.33 bits per heavy atom. The van der Waals surface area contributed by atoms with Crippen molar-refractivity contribution in [1.82, 2.24) is 5.32 Å². The van der Waals surface area contributed by atoms with E-state index in [0.29, 0.717) is 31.0 Å². The van der Waals surface area contributed by atoms with E-state index in [0.717, 1.165) is 32.7 Å². The standard InChI is InChI=1S/C17H35NO3/c1-4-6-7-15(5-2)11-21-13-17(19)10-18-14(3)16-8-9-20-12-16/h14-19H,4-13H2,1-3H3. The second-order valence-electron chi connectivity index (χ2n) is 6.43. The summed E-state index contributed by atoms with van der Waals surface area (Å²) in [6.45, 7) is 10.1. The van der Waals surface area contributed by atoms with Crippen LogP contribution in [0.1, 0.15) is 52.9 Å². The number of aliphatic hydroxyl groups excluding tert-OH is 1. The average Bonchev–Trinajstić information content (AvgIpc) is 3.02. The molecule has 1 saturated heterocycles. The van der Waals surface area contributed by atoms with Gasteiger partial charge in [0.15, 0.2) is 0 Å². The Morgan fingerprint density at radius 2 is 2.14 bits per heavy atom. The zero-order chi connectivity index (χ0) is 15.5. The van der Waals surface area contributed by atoms with Gasteiger partial charge in [0.2, 0.25) is 0 Å². The summed E-state index contributed by atoms with van der Waals surface area (Å²) in [4.78, 5) is 0. The Bertz CT molecular complexity index is 244. The van der Waals surface area contributed by atoms with Crippen LogP contribution in [0.3, 0.4) is 0 Å². The second kappa shape index (κ2) is 11.4. The van der Waals surface area contributed by atoms with Gasteiger partial charge in [0, 0.05) is 25.8 Å². The molecule has 1 aliphatic rings. The molecule has 0 aromatic heterocycles. The Balaban J connectivity index is 2.05. The molecule has 1 heterocycles. The smallest absolute Gasteiger partial charge is 0.0897 e. The SMILES string of the molecule is CCCCC(CC)COCC(O)CNC(C)C1CCOC1. The van der Waals surface area contributed by atoms with E-state index in [1.165, 1.54) is 19.3 Å². The molecule has 0 amide bonds.